The topological polar surface area (TPSA) is 67.4 Å². The van der Waals surface area contributed by atoms with Crippen LogP contribution in [0.15, 0.2) is 36.4 Å². The van der Waals surface area contributed by atoms with Gasteiger partial charge < -0.3 is 15.4 Å². The van der Waals surface area contributed by atoms with Gasteiger partial charge in [-0.3, -0.25) is 9.59 Å². The molecular formula is C20H23ClN2O3. The third-order valence-corrected chi connectivity index (χ3v) is 4.28. The number of amides is 2. The predicted octanol–water partition coefficient (Wildman–Crippen LogP) is 4.17. The summed E-state index contributed by atoms with van der Waals surface area (Å²) in [6.07, 6.45) is 0.0928. The fraction of sp³-hybridized carbons (Fsp3) is 0.300. The van der Waals surface area contributed by atoms with Gasteiger partial charge in [-0.2, -0.15) is 0 Å². The van der Waals surface area contributed by atoms with Crippen LogP contribution < -0.4 is 15.4 Å². The largest absolute Gasteiger partial charge is 0.497 e. The van der Waals surface area contributed by atoms with Crippen molar-refractivity contribution in [2.45, 2.75) is 33.2 Å². The standard InChI is InChI=1S/C20H23ClN2O3/c1-12-9-13(2)20(17(21)10-12)23-19(25)11-18(22-14(3)24)15-5-7-16(26-4)8-6-15/h5-10,18H,11H2,1-4H3,(H,22,24)(H,23,25). The molecule has 0 aliphatic carbocycles. The van der Waals surface area contributed by atoms with Gasteiger partial charge in [0, 0.05) is 6.92 Å². The lowest BCUT2D eigenvalue weighted by atomic mass is 10.0. The minimum atomic E-state index is -0.442. The van der Waals surface area contributed by atoms with Crippen molar-refractivity contribution in [3.05, 3.63) is 58.1 Å². The SMILES string of the molecule is COc1ccc(C(CC(=O)Nc2c(C)cc(C)cc2Cl)NC(C)=O)cc1. The van der Waals surface area contributed by atoms with Crippen molar-refractivity contribution in [3.63, 3.8) is 0 Å². The molecule has 0 radical (unpaired) electrons. The van der Waals surface area contributed by atoms with Crippen LogP contribution in [0.4, 0.5) is 5.69 Å². The number of carbonyl (C=O) groups is 2. The highest BCUT2D eigenvalue weighted by molar-refractivity contribution is 6.34. The molecule has 2 N–H and O–H groups in total. The summed E-state index contributed by atoms with van der Waals surface area (Å²) in [4.78, 5) is 24.1. The molecule has 5 nitrogen and oxygen atoms in total. The van der Waals surface area contributed by atoms with Crippen molar-refractivity contribution in [1.82, 2.24) is 5.32 Å². The first-order valence-electron chi connectivity index (χ1n) is 8.27. The number of halogens is 1. The maximum absolute atomic E-state index is 12.5. The van der Waals surface area contributed by atoms with Gasteiger partial charge in [0.05, 0.1) is 30.3 Å². The maximum Gasteiger partial charge on any atom is 0.226 e. The second kappa shape index (κ2) is 8.72. The van der Waals surface area contributed by atoms with Crippen LogP contribution >= 0.6 is 11.6 Å². The zero-order chi connectivity index (χ0) is 19.3. The van der Waals surface area contributed by atoms with Gasteiger partial charge in [0.25, 0.3) is 0 Å². The number of nitrogens with one attached hydrogen (secondary N) is 2. The Hall–Kier alpha value is -2.53. The minimum absolute atomic E-state index is 0.0928. The predicted molar refractivity (Wildman–Crippen MR) is 104 cm³/mol. The summed E-state index contributed by atoms with van der Waals surface area (Å²) < 4.78 is 5.14. The molecule has 0 saturated carbocycles. The van der Waals surface area contributed by atoms with E-state index in [1.165, 1.54) is 6.92 Å². The lowest BCUT2D eigenvalue weighted by Crippen LogP contribution is -2.29. The second-order valence-electron chi connectivity index (χ2n) is 6.22. The van der Waals surface area contributed by atoms with Crippen molar-refractivity contribution in [2.24, 2.45) is 0 Å². The number of ether oxygens (including phenoxy) is 1. The van der Waals surface area contributed by atoms with E-state index in [-0.39, 0.29) is 18.2 Å². The van der Waals surface area contributed by atoms with Crippen LogP contribution in [0.2, 0.25) is 5.02 Å². The Bertz CT molecular complexity index is 780. The lowest BCUT2D eigenvalue weighted by molar-refractivity contribution is -0.120. The summed E-state index contributed by atoms with van der Waals surface area (Å²) in [6.45, 7) is 5.26. The van der Waals surface area contributed by atoms with E-state index >= 15 is 0 Å². The molecule has 0 fully saturated rings. The zero-order valence-electron chi connectivity index (χ0n) is 15.4. The number of carbonyl (C=O) groups excluding carboxylic acids is 2. The van der Waals surface area contributed by atoms with Gasteiger partial charge in [0.2, 0.25) is 11.8 Å². The summed E-state index contributed by atoms with van der Waals surface area (Å²) >= 11 is 6.25. The van der Waals surface area contributed by atoms with E-state index in [0.717, 1.165) is 16.7 Å². The van der Waals surface area contributed by atoms with E-state index in [0.29, 0.717) is 16.5 Å². The van der Waals surface area contributed by atoms with Gasteiger partial charge in [-0.25, -0.2) is 0 Å². The molecule has 6 heteroatoms. The molecule has 138 valence electrons. The molecule has 0 aliphatic rings. The Morgan fingerprint density at radius 1 is 1.15 bits per heavy atom. The van der Waals surface area contributed by atoms with Crippen molar-refractivity contribution < 1.29 is 14.3 Å². The van der Waals surface area contributed by atoms with Gasteiger partial charge in [-0.15, -0.1) is 0 Å². The molecule has 0 heterocycles. The van der Waals surface area contributed by atoms with Gasteiger partial charge in [-0.05, 0) is 48.7 Å². The highest BCUT2D eigenvalue weighted by atomic mass is 35.5. The Balaban J connectivity index is 2.17. The van der Waals surface area contributed by atoms with E-state index in [9.17, 15) is 9.59 Å². The highest BCUT2D eigenvalue weighted by Gasteiger charge is 2.18. The molecular weight excluding hydrogens is 352 g/mol. The highest BCUT2D eigenvalue weighted by Crippen LogP contribution is 2.28. The third kappa shape index (κ3) is 5.23. The van der Waals surface area contributed by atoms with E-state index in [1.807, 2.05) is 32.0 Å². The molecule has 0 bridgehead atoms. The van der Waals surface area contributed by atoms with Crippen molar-refractivity contribution >= 4 is 29.1 Å². The van der Waals surface area contributed by atoms with Crippen LogP contribution in [-0.4, -0.2) is 18.9 Å². The molecule has 0 saturated heterocycles. The average Bonchev–Trinajstić information content (AvgIpc) is 2.57. The molecule has 1 unspecified atom stereocenters. The van der Waals surface area contributed by atoms with Gasteiger partial charge in [0.15, 0.2) is 0 Å². The smallest absolute Gasteiger partial charge is 0.226 e. The monoisotopic (exact) mass is 374 g/mol. The van der Waals surface area contributed by atoms with Crippen molar-refractivity contribution in [2.75, 3.05) is 12.4 Å². The molecule has 1 atom stereocenters. The number of hydrogen-bond acceptors (Lipinski definition) is 3. The number of aryl methyl sites for hydroxylation is 2. The van der Waals surface area contributed by atoms with Crippen LogP contribution in [0.1, 0.15) is 36.1 Å². The summed E-state index contributed by atoms with van der Waals surface area (Å²) in [5, 5.41) is 6.17. The molecule has 2 aromatic rings. The van der Waals surface area contributed by atoms with Crippen LogP contribution in [0.25, 0.3) is 0 Å². The molecule has 26 heavy (non-hydrogen) atoms. The Kier molecular flexibility index (Phi) is 6.64. The van der Waals surface area contributed by atoms with Gasteiger partial charge in [-0.1, -0.05) is 29.8 Å². The third-order valence-electron chi connectivity index (χ3n) is 3.98. The number of anilines is 1. The molecule has 0 aromatic heterocycles. The first-order chi connectivity index (χ1) is 12.3. The molecule has 2 amide bonds. The molecule has 0 aliphatic heterocycles. The molecule has 2 aromatic carbocycles. The normalized spacial score (nSPS) is 11.6. The maximum atomic E-state index is 12.5. The fourth-order valence-corrected chi connectivity index (χ4v) is 3.15. The zero-order valence-corrected chi connectivity index (χ0v) is 16.1. The summed E-state index contributed by atoms with van der Waals surface area (Å²) in [7, 11) is 1.58. The van der Waals surface area contributed by atoms with E-state index in [2.05, 4.69) is 10.6 Å². The average molecular weight is 375 g/mol. The van der Waals surface area contributed by atoms with Gasteiger partial charge in [0.1, 0.15) is 5.75 Å². The number of methoxy groups -OCH3 is 1. The van der Waals surface area contributed by atoms with Crippen LogP contribution in [0.5, 0.6) is 5.75 Å². The second-order valence-corrected chi connectivity index (χ2v) is 6.62. The Morgan fingerprint density at radius 3 is 2.35 bits per heavy atom. The number of benzene rings is 2. The van der Waals surface area contributed by atoms with Gasteiger partial charge >= 0.3 is 0 Å². The molecule has 2 rings (SSSR count). The number of hydrogen-bond donors (Lipinski definition) is 2. The summed E-state index contributed by atoms with van der Waals surface area (Å²) in [5.41, 5.74) is 3.34. The van der Waals surface area contributed by atoms with E-state index in [1.54, 1.807) is 25.3 Å². The van der Waals surface area contributed by atoms with Crippen molar-refractivity contribution in [3.8, 4) is 5.75 Å². The summed E-state index contributed by atoms with van der Waals surface area (Å²) in [5.74, 6) is 0.276. The quantitative estimate of drug-likeness (QED) is 0.797. The van der Waals surface area contributed by atoms with Crippen LogP contribution in [0.3, 0.4) is 0 Å². The Morgan fingerprint density at radius 2 is 1.81 bits per heavy atom. The molecule has 0 spiro atoms. The van der Waals surface area contributed by atoms with Crippen molar-refractivity contribution in [1.29, 1.82) is 0 Å². The van der Waals surface area contributed by atoms with Crippen LogP contribution in [-0.2, 0) is 9.59 Å². The Labute approximate surface area is 158 Å². The minimum Gasteiger partial charge on any atom is -0.497 e. The lowest BCUT2D eigenvalue weighted by Gasteiger charge is -2.19. The summed E-state index contributed by atoms with van der Waals surface area (Å²) in [6, 6.07) is 10.6. The first-order valence-corrected chi connectivity index (χ1v) is 8.65. The first kappa shape index (κ1) is 19.8. The fourth-order valence-electron chi connectivity index (χ4n) is 2.78. The van der Waals surface area contributed by atoms with Crippen LogP contribution in [0, 0.1) is 13.8 Å². The van der Waals surface area contributed by atoms with E-state index in [4.69, 9.17) is 16.3 Å². The van der Waals surface area contributed by atoms with E-state index < -0.39 is 6.04 Å². The number of rotatable bonds is 6.